The van der Waals surface area contributed by atoms with Gasteiger partial charge in [-0.2, -0.15) is 0 Å². The molecule has 0 unspecified atom stereocenters. The number of rotatable bonds is 4. The number of ether oxygens (including phenoxy) is 1. The second-order valence-corrected chi connectivity index (χ2v) is 8.52. The molecule has 3 heterocycles. The van der Waals surface area contributed by atoms with Crippen LogP contribution < -0.4 is 0 Å². The Morgan fingerprint density at radius 3 is 2.62 bits per heavy atom. The van der Waals surface area contributed by atoms with Crippen LogP contribution in [0.25, 0.3) is 0 Å². The van der Waals surface area contributed by atoms with E-state index < -0.39 is 0 Å². The van der Waals surface area contributed by atoms with Gasteiger partial charge in [0.15, 0.2) is 0 Å². The predicted octanol–water partition coefficient (Wildman–Crippen LogP) is 3.46. The molecule has 0 saturated carbocycles. The van der Waals surface area contributed by atoms with E-state index in [4.69, 9.17) is 4.74 Å². The minimum Gasteiger partial charge on any atom is -0.377 e. The van der Waals surface area contributed by atoms with Gasteiger partial charge in [-0.15, -0.1) is 0 Å². The maximum Gasteiger partial charge on any atom is 0.222 e. The van der Waals surface area contributed by atoms with Crippen molar-refractivity contribution < 1.29 is 9.53 Å². The van der Waals surface area contributed by atoms with E-state index in [-0.39, 0.29) is 0 Å². The van der Waals surface area contributed by atoms with Crippen LogP contribution in [0.15, 0.2) is 30.3 Å². The summed E-state index contributed by atoms with van der Waals surface area (Å²) in [5.74, 6) is 0.331. The lowest BCUT2D eigenvalue weighted by Gasteiger charge is -2.48. The quantitative estimate of drug-likeness (QED) is 0.828. The van der Waals surface area contributed by atoms with E-state index in [1.165, 1.54) is 37.7 Å². The number of hydrogen-bond donors (Lipinski definition) is 0. The van der Waals surface area contributed by atoms with Crippen molar-refractivity contribution in [1.82, 2.24) is 9.80 Å². The summed E-state index contributed by atoms with van der Waals surface area (Å²) in [6, 6.07) is 10.4. The average Bonchev–Trinajstić information content (AvgIpc) is 2.69. The SMILES string of the molecule is O=C1CCC2(CCN(C[C@@H]3CCCCO3)CC2)CN1Cc1ccccc1. The van der Waals surface area contributed by atoms with E-state index in [1.54, 1.807) is 0 Å². The minimum absolute atomic E-state index is 0.331. The summed E-state index contributed by atoms with van der Waals surface area (Å²) in [5, 5.41) is 0. The van der Waals surface area contributed by atoms with Crippen LogP contribution in [-0.2, 0) is 16.1 Å². The summed E-state index contributed by atoms with van der Waals surface area (Å²) in [6.07, 6.45) is 8.45. The molecule has 26 heavy (non-hydrogen) atoms. The van der Waals surface area contributed by atoms with Gasteiger partial charge >= 0.3 is 0 Å². The Hall–Kier alpha value is -1.39. The first kappa shape index (κ1) is 18.0. The molecular weight excluding hydrogens is 324 g/mol. The fourth-order valence-corrected chi connectivity index (χ4v) is 4.91. The zero-order valence-corrected chi connectivity index (χ0v) is 15.9. The fraction of sp³-hybridized carbons (Fsp3) is 0.682. The third kappa shape index (κ3) is 4.29. The number of carbonyl (C=O) groups is 1. The number of benzene rings is 1. The van der Waals surface area contributed by atoms with Crippen LogP contribution in [-0.4, -0.2) is 54.6 Å². The van der Waals surface area contributed by atoms with Crippen molar-refractivity contribution in [2.45, 2.75) is 57.6 Å². The molecule has 1 amide bonds. The van der Waals surface area contributed by atoms with Crippen LogP contribution in [0.5, 0.6) is 0 Å². The van der Waals surface area contributed by atoms with E-state index >= 15 is 0 Å². The second-order valence-electron chi connectivity index (χ2n) is 8.52. The molecule has 3 aliphatic heterocycles. The number of amides is 1. The van der Waals surface area contributed by atoms with Crippen molar-refractivity contribution in [3.63, 3.8) is 0 Å². The smallest absolute Gasteiger partial charge is 0.222 e. The van der Waals surface area contributed by atoms with Crippen LogP contribution in [0.4, 0.5) is 0 Å². The van der Waals surface area contributed by atoms with Crippen LogP contribution >= 0.6 is 0 Å². The molecule has 4 rings (SSSR count). The van der Waals surface area contributed by atoms with Crippen molar-refractivity contribution in [3.8, 4) is 0 Å². The van der Waals surface area contributed by atoms with E-state index in [9.17, 15) is 4.79 Å². The number of hydrogen-bond acceptors (Lipinski definition) is 3. The van der Waals surface area contributed by atoms with Gasteiger partial charge in [-0.3, -0.25) is 4.79 Å². The van der Waals surface area contributed by atoms with Crippen LogP contribution in [0.3, 0.4) is 0 Å². The summed E-state index contributed by atoms with van der Waals surface area (Å²) in [7, 11) is 0. The van der Waals surface area contributed by atoms with E-state index in [1.807, 2.05) is 6.07 Å². The van der Waals surface area contributed by atoms with Crippen molar-refractivity contribution in [3.05, 3.63) is 35.9 Å². The zero-order valence-electron chi connectivity index (χ0n) is 15.9. The predicted molar refractivity (Wildman–Crippen MR) is 103 cm³/mol. The highest BCUT2D eigenvalue weighted by Crippen LogP contribution is 2.40. The fourth-order valence-electron chi connectivity index (χ4n) is 4.91. The summed E-state index contributed by atoms with van der Waals surface area (Å²) in [6.45, 7) is 6.07. The highest BCUT2D eigenvalue weighted by molar-refractivity contribution is 5.77. The molecule has 0 radical (unpaired) electrons. The number of likely N-dealkylation sites (tertiary alicyclic amines) is 2. The Morgan fingerprint density at radius 1 is 1.08 bits per heavy atom. The first-order valence-electron chi connectivity index (χ1n) is 10.4. The lowest BCUT2D eigenvalue weighted by molar-refractivity contribution is -0.140. The standard InChI is InChI=1S/C22H32N2O2/c25-21-9-10-22(18-24(21)16-19-6-2-1-3-7-19)11-13-23(14-12-22)17-20-8-4-5-15-26-20/h1-3,6-7,20H,4-5,8-18H2/t20-/m0/s1. The van der Waals surface area contributed by atoms with E-state index in [2.05, 4.69) is 34.1 Å². The summed E-state index contributed by atoms with van der Waals surface area (Å²) < 4.78 is 5.92. The maximum atomic E-state index is 12.5. The van der Waals surface area contributed by atoms with Crippen molar-refractivity contribution in [1.29, 1.82) is 0 Å². The first-order chi connectivity index (χ1) is 12.7. The Kier molecular flexibility index (Phi) is 5.60. The monoisotopic (exact) mass is 356 g/mol. The summed E-state index contributed by atoms with van der Waals surface area (Å²) in [5.41, 5.74) is 1.58. The van der Waals surface area contributed by atoms with Gasteiger partial charge in [-0.1, -0.05) is 30.3 Å². The van der Waals surface area contributed by atoms with Gasteiger partial charge in [0.2, 0.25) is 5.91 Å². The molecule has 0 aliphatic carbocycles. The molecule has 1 atom stereocenters. The van der Waals surface area contributed by atoms with Gasteiger partial charge in [0.1, 0.15) is 0 Å². The van der Waals surface area contributed by atoms with Gasteiger partial charge in [0.05, 0.1) is 6.10 Å². The summed E-state index contributed by atoms with van der Waals surface area (Å²) >= 11 is 0. The molecule has 3 aliphatic rings. The van der Waals surface area contributed by atoms with Crippen molar-refractivity contribution in [2.75, 3.05) is 32.8 Å². The van der Waals surface area contributed by atoms with Gasteiger partial charge in [0, 0.05) is 32.7 Å². The highest BCUT2D eigenvalue weighted by Gasteiger charge is 2.41. The molecule has 142 valence electrons. The molecule has 4 nitrogen and oxygen atoms in total. The van der Waals surface area contributed by atoms with Crippen LogP contribution in [0, 0.1) is 5.41 Å². The topological polar surface area (TPSA) is 32.8 Å². The van der Waals surface area contributed by atoms with E-state index in [0.717, 1.165) is 52.2 Å². The number of carbonyl (C=O) groups excluding carboxylic acids is 1. The average molecular weight is 357 g/mol. The first-order valence-corrected chi connectivity index (χ1v) is 10.4. The van der Waals surface area contributed by atoms with Gasteiger partial charge in [-0.05, 0) is 62.6 Å². The zero-order chi connectivity index (χ0) is 17.8. The molecule has 4 heteroatoms. The Bertz CT molecular complexity index is 589. The molecule has 1 spiro atoms. The van der Waals surface area contributed by atoms with Crippen LogP contribution in [0.1, 0.15) is 50.5 Å². The van der Waals surface area contributed by atoms with Crippen LogP contribution in [0.2, 0.25) is 0 Å². The molecule has 1 aromatic carbocycles. The largest absolute Gasteiger partial charge is 0.377 e. The molecule has 3 saturated heterocycles. The normalized spacial score (nSPS) is 27.0. The van der Waals surface area contributed by atoms with E-state index in [0.29, 0.717) is 17.4 Å². The minimum atomic E-state index is 0.331. The van der Waals surface area contributed by atoms with Crippen molar-refractivity contribution >= 4 is 5.91 Å². The Morgan fingerprint density at radius 2 is 1.88 bits per heavy atom. The second kappa shape index (κ2) is 8.10. The molecular formula is C22H32N2O2. The van der Waals surface area contributed by atoms with Gasteiger partial charge < -0.3 is 14.5 Å². The molecule has 0 bridgehead atoms. The molecule has 0 aromatic heterocycles. The molecule has 3 fully saturated rings. The molecule has 1 aromatic rings. The number of piperidine rings is 2. The Balaban J connectivity index is 1.32. The van der Waals surface area contributed by atoms with Crippen molar-refractivity contribution in [2.24, 2.45) is 5.41 Å². The van der Waals surface area contributed by atoms with Gasteiger partial charge in [0.25, 0.3) is 0 Å². The highest BCUT2D eigenvalue weighted by atomic mass is 16.5. The molecule has 0 N–H and O–H groups in total. The Labute approximate surface area is 157 Å². The lowest BCUT2D eigenvalue weighted by Crippen LogP contribution is -2.52. The summed E-state index contributed by atoms with van der Waals surface area (Å²) in [4.78, 5) is 17.2. The third-order valence-electron chi connectivity index (χ3n) is 6.62. The third-order valence-corrected chi connectivity index (χ3v) is 6.62. The number of nitrogens with zero attached hydrogens (tertiary/aromatic N) is 2. The van der Waals surface area contributed by atoms with Gasteiger partial charge in [-0.25, -0.2) is 0 Å². The maximum absolute atomic E-state index is 12.5. The lowest BCUT2D eigenvalue weighted by atomic mass is 9.72.